The minimum Gasteiger partial charge on any atom is -0.359 e. The lowest BCUT2D eigenvalue weighted by molar-refractivity contribution is -0.110. The van der Waals surface area contributed by atoms with Crippen LogP contribution in [0, 0.1) is 5.92 Å². The molecule has 0 saturated heterocycles. The van der Waals surface area contributed by atoms with Gasteiger partial charge in [0.2, 0.25) is 0 Å². The molecule has 0 aliphatic carbocycles. The lowest BCUT2D eigenvalue weighted by Crippen LogP contribution is -2.32. The highest BCUT2D eigenvalue weighted by molar-refractivity contribution is 8.02. The number of carbonyl (C=O) groups is 2. The summed E-state index contributed by atoms with van der Waals surface area (Å²) in [4.78, 5) is 28.6. The predicted octanol–water partition coefficient (Wildman–Crippen LogP) is 5.29. The van der Waals surface area contributed by atoms with Crippen LogP contribution in [-0.4, -0.2) is 32.9 Å². The Morgan fingerprint density at radius 2 is 1.71 bits per heavy atom. The molecule has 0 saturated carbocycles. The molecule has 0 spiro atoms. The summed E-state index contributed by atoms with van der Waals surface area (Å²) in [6, 6.07) is 8.02. The Morgan fingerprint density at radius 1 is 1.10 bits per heavy atom. The first kappa shape index (κ1) is 23.1. The minimum atomic E-state index is -0.448. The number of aromatic nitrogens is 1. The van der Waals surface area contributed by atoms with Crippen LogP contribution in [0.3, 0.4) is 0 Å². The molecular formula is C21H26ClN5O3S. The maximum absolute atomic E-state index is 12.6. The summed E-state index contributed by atoms with van der Waals surface area (Å²) in [5.41, 5.74) is 1.40. The van der Waals surface area contributed by atoms with Gasteiger partial charge in [0.05, 0.1) is 5.25 Å². The maximum atomic E-state index is 12.6. The van der Waals surface area contributed by atoms with E-state index in [1.165, 1.54) is 11.8 Å². The van der Waals surface area contributed by atoms with Gasteiger partial charge in [-0.05, 0) is 30.2 Å². The van der Waals surface area contributed by atoms with Gasteiger partial charge in [-0.3, -0.25) is 15.1 Å². The van der Waals surface area contributed by atoms with E-state index in [1.54, 1.807) is 30.3 Å². The number of urea groups is 1. The van der Waals surface area contributed by atoms with Crippen molar-refractivity contribution in [3.63, 3.8) is 0 Å². The molecular weight excluding hydrogens is 438 g/mol. The summed E-state index contributed by atoms with van der Waals surface area (Å²) in [5.74, 6) is 0.980. The number of benzene rings is 1. The van der Waals surface area contributed by atoms with E-state index in [4.69, 9.17) is 16.1 Å². The zero-order chi connectivity index (χ0) is 22.8. The highest BCUT2D eigenvalue weighted by atomic mass is 35.5. The fraction of sp³-hybridized carbons (Fsp3) is 0.429. The number of hydrogen-bond donors (Lipinski definition) is 3. The van der Waals surface area contributed by atoms with Crippen molar-refractivity contribution < 1.29 is 14.1 Å². The Kier molecular flexibility index (Phi) is 6.96. The summed E-state index contributed by atoms with van der Waals surface area (Å²) in [5, 5.41) is 12.0. The van der Waals surface area contributed by atoms with Gasteiger partial charge in [-0.15, -0.1) is 11.8 Å². The monoisotopic (exact) mass is 463 g/mol. The van der Waals surface area contributed by atoms with Crippen molar-refractivity contribution in [3.05, 3.63) is 36.1 Å². The van der Waals surface area contributed by atoms with Gasteiger partial charge >= 0.3 is 6.03 Å². The van der Waals surface area contributed by atoms with Gasteiger partial charge in [0.15, 0.2) is 10.7 Å². The van der Waals surface area contributed by atoms with Crippen molar-refractivity contribution >= 4 is 58.2 Å². The van der Waals surface area contributed by atoms with Crippen LogP contribution in [0.15, 0.2) is 39.8 Å². The second kappa shape index (κ2) is 9.32. The van der Waals surface area contributed by atoms with Gasteiger partial charge in [0.1, 0.15) is 11.5 Å². The Hall–Kier alpha value is -2.52. The summed E-state index contributed by atoms with van der Waals surface area (Å²) in [7, 11) is 0. The highest BCUT2D eigenvalue weighted by Gasteiger charge is 2.34. The van der Waals surface area contributed by atoms with E-state index in [-0.39, 0.29) is 22.5 Å². The molecule has 1 aromatic heterocycles. The van der Waals surface area contributed by atoms with Crippen LogP contribution in [0.1, 0.15) is 40.4 Å². The van der Waals surface area contributed by atoms with Crippen molar-refractivity contribution in [2.75, 3.05) is 16.0 Å². The molecule has 1 aliphatic rings. The van der Waals surface area contributed by atoms with Crippen LogP contribution >= 0.6 is 23.4 Å². The quantitative estimate of drug-likeness (QED) is 0.412. The van der Waals surface area contributed by atoms with Crippen LogP contribution < -0.4 is 16.0 Å². The molecule has 3 rings (SSSR count). The zero-order valence-electron chi connectivity index (χ0n) is 18.0. The number of nitrogens with zero attached hydrogens (tertiary/aromatic N) is 2. The van der Waals surface area contributed by atoms with E-state index in [2.05, 4.69) is 26.1 Å². The second-order valence-corrected chi connectivity index (χ2v) is 10.4. The van der Waals surface area contributed by atoms with Gasteiger partial charge < -0.3 is 15.2 Å². The molecule has 8 nitrogen and oxygen atoms in total. The lowest BCUT2D eigenvalue weighted by atomic mass is 9.93. The molecule has 3 amide bonds. The molecule has 0 bridgehead atoms. The largest absolute Gasteiger partial charge is 0.359 e. The molecule has 1 aromatic carbocycles. The first-order valence-corrected chi connectivity index (χ1v) is 11.2. The number of amides is 3. The van der Waals surface area contributed by atoms with Gasteiger partial charge in [0, 0.05) is 22.9 Å². The summed E-state index contributed by atoms with van der Waals surface area (Å²) < 4.78 is 5.25. The highest BCUT2D eigenvalue weighted by Crippen LogP contribution is 2.35. The standard InChI is InChI=1S/C21H26ClN5O3S/c1-11(2)17-16(26-19(22)31-17)18(28)23-12-6-8-13(9-7-12)24-20(29)25-15-10-14(30-27-15)21(3,4)5/h6-11,17,19H,1-5H3,(H,23,28)(H2,24,25,27,29). The summed E-state index contributed by atoms with van der Waals surface area (Å²) in [6.45, 7) is 10.0. The Labute approximate surface area is 190 Å². The maximum Gasteiger partial charge on any atom is 0.324 e. The number of alkyl halides is 1. The first-order valence-electron chi connectivity index (χ1n) is 9.87. The molecule has 166 valence electrons. The van der Waals surface area contributed by atoms with Crippen LogP contribution in [0.5, 0.6) is 0 Å². The van der Waals surface area contributed by atoms with Crippen molar-refractivity contribution in [2.24, 2.45) is 10.9 Å². The van der Waals surface area contributed by atoms with Gasteiger partial charge in [-0.25, -0.2) is 4.79 Å². The number of nitrogens with one attached hydrogen (secondary N) is 3. The number of hydrogen-bond acceptors (Lipinski definition) is 6. The zero-order valence-corrected chi connectivity index (χ0v) is 19.6. The van der Waals surface area contributed by atoms with Crippen molar-refractivity contribution in [2.45, 2.75) is 50.1 Å². The third-order valence-corrected chi connectivity index (χ3v) is 6.30. The fourth-order valence-corrected chi connectivity index (χ4v) is 4.32. The van der Waals surface area contributed by atoms with Crippen molar-refractivity contribution in [1.29, 1.82) is 0 Å². The fourth-order valence-electron chi connectivity index (χ4n) is 2.86. The SMILES string of the molecule is CC(C)C1SC(Cl)N=C1C(=O)Nc1ccc(NC(=O)Nc2cc(C(C)(C)C)on2)cc1. The molecule has 2 aromatic rings. The molecule has 0 radical (unpaired) electrons. The molecule has 31 heavy (non-hydrogen) atoms. The Bertz CT molecular complexity index is 982. The second-order valence-electron chi connectivity index (χ2n) is 8.54. The van der Waals surface area contributed by atoms with Crippen LogP contribution in [0.25, 0.3) is 0 Å². The number of aliphatic imine (C=N–C) groups is 1. The molecule has 0 fully saturated rings. The third-order valence-electron chi connectivity index (χ3n) is 4.50. The van der Waals surface area contributed by atoms with Gasteiger partial charge in [0.25, 0.3) is 5.91 Å². The Morgan fingerprint density at radius 3 is 2.26 bits per heavy atom. The van der Waals surface area contributed by atoms with E-state index in [0.717, 1.165) is 0 Å². The summed E-state index contributed by atoms with van der Waals surface area (Å²) in [6.07, 6.45) is 0. The molecule has 2 unspecified atom stereocenters. The van der Waals surface area contributed by atoms with E-state index in [1.807, 2.05) is 34.6 Å². The number of carbonyl (C=O) groups excluding carboxylic acids is 2. The molecule has 2 heterocycles. The van der Waals surface area contributed by atoms with Crippen molar-refractivity contribution in [1.82, 2.24) is 5.16 Å². The molecule has 1 aliphatic heterocycles. The van der Waals surface area contributed by atoms with Crippen LogP contribution in [-0.2, 0) is 10.2 Å². The lowest BCUT2D eigenvalue weighted by Gasteiger charge is -2.16. The van der Waals surface area contributed by atoms with Crippen molar-refractivity contribution in [3.8, 4) is 0 Å². The number of halogens is 1. The topological polar surface area (TPSA) is 109 Å². The van der Waals surface area contributed by atoms with Crippen LogP contribution in [0.4, 0.5) is 22.0 Å². The summed E-state index contributed by atoms with van der Waals surface area (Å²) >= 11 is 7.55. The average Bonchev–Trinajstić information content (AvgIpc) is 3.30. The first-order chi connectivity index (χ1) is 14.5. The normalized spacial score (nSPS) is 18.6. The number of thioether (sulfide) groups is 1. The number of anilines is 3. The molecule has 2 atom stereocenters. The van der Waals surface area contributed by atoms with Crippen LogP contribution in [0.2, 0.25) is 0 Å². The molecule has 10 heteroatoms. The van der Waals surface area contributed by atoms with E-state index >= 15 is 0 Å². The van der Waals surface area contributed by atoms with Gasteiger partial charge in [-0.1, -0.05) is 51.4 Å². The predicted molar refractivity (Wildman–Crippen MR) is 126 cm³/mol. The van der Waals surface area contributed by atoms with E-state index in [9.17, 15) is 9.59 Å². The average molecular weight is 464 g/mol. The van der Waals surface area contributed by atoms with E-state index < -0.39 is 10.9 Å². The third kappa shape index (κ3) is 6.01. The van der Waals surface area contributed by atoms with E-state index in [0.29, 0.717) is 28.7 Å². The number of rotatable bonds is 5. The van der Waals surface area contributed by atoms with Gasteiger partial charge in [-0.2, -0.15) is 0 Å². The smallest absolute Gasteiger partial charge is 0.324 e. The Balaban J connectivity index is 1.56. The minimum absolute atomic E-state index is 0.0394. The molecule has 3 N–H and O–H groups in total.